The van der Waals surface area contributed by atoms with Crippen LogP contribution in [0.2, 0.25) is 5.04 Å². The van der Waals surface area contributed by atoms with Crippen molar-refractivity contribution in [3.63, 3.8) is 0 Å². The van der Waals surface area contributed by atoms with E-state index in [9.17, 15) is 22.8 Å². The molecule has 0 radical (unpaired) electrons. The van der Waals surface area contributed by atoms with Gasteiger partial charge in [-0.15, -0.1) is 0 Å². The summed E-state index contributed by atoms with van der Waals surface area (Å²) in [5.74, 6) is -2.69. The highest BCUT2D eigenvalue weighted by Gasteiger charge is 2.51. The van der Waals surface area contributed by atoms with E-state index in [0.29, 0.717) is 25.5 Å². The molecular formula is C33H38F4N2O5Si. The van der Waals surface area contributed by atoms with Crippen LogP contribution in [0.1, 0.15) is 50.9 Å². The van der Waals surface area contributed by atoms with E-state index < -0.39 is 55.4 Å². The summed E-state index contributed by atoms with van der Waals surface area (Å²) in [6, 6.07) is 20.7. The van der Waals surface area contributed by atoms with Gasteiger partial charge in [-0.05, 0) is 41.2 Å². The van der Waals surface area contributed by atoms with E-state index in [-0.39, 0.29) is 17.7 Å². The number of likely N-dealkylation sites (tertiary alicyclic amines) is 1. The van der Waals surface area contributed by atoms with Crippen molar-refractivity contribution >= 4 is 36.4 Å². The van der Waals surface area contributed by atoms with Crippen molar-refractivity contribution in [3.8, 4) is 5.75 Å². The second kappa shape index (κ2) is 13.6. The molecule has 0 bridgehead atoms. The second-order valence-corrected chi connectivity index (χ2v) is 16.3. The molecule has 0 spiro atoms. The van der Waals surface area contributed by atoms with E-state index in [4.69, 9.17) is 9.16 Å². The second-order valence-electron chi connectivity index (χ2n) is 12.0. The van der Waals surface area contributed by atoms with Crippen LogP contribution in [0, 0.1) is 5.82 Å². The smallest absolute Gasteiger partial charge is 0.425 e. The highest BCUT2D eigenvalue weighted by Crippen LogP contribution is 2.38. The first-order valence-corrected chi connectivity index (χ1v) is 16.6. The summed E-state index contributed by atoms with van der Waals surface area (Å²) >= 11 is 0. The van der Waals surface area contributed by atoms with Crippen LogP contribution in [-0.2, 0) is 9.16 Å². The van der Waals surface area contributed by atoms with Gasteiger partial charge in [-0.2, -0.15) is 13.2 Å². The minimum absolute atomic E-state index is 0.224. The number of alkyl halides is 3. The molecular weight excluding hydrogens is 608 g/mol. The Morgan fingerprint density at radius 3 is 2.09 bits per heavy atom. The van der Waals surface area contributed by atoms with Gasteiger partial charge in [-0.25, -0.2) is 14.0 Å². The number of ether oxygens (including phenoxy) is 2. The zero-order valence-corrected chi connectivity index (χ0v) is 26.9. The third-order valence-electron chi connectivity index (χ3n) is 8.03. The van der Waals surface area contributed by atoms with Gasteiger partial charge in [-0.1, -0.05) is 81.4 Å². The minimum Gasteiger partial charge on any atom is -0.480 e. The number of anilines is 1. The lowest BCUT2D eigenvalue weighted by molar-refractivity contribution is -0.189. The number of esters is 1. The number of amides is 2. The van der Waals surface area contributed by atoms with Crippen molar-refractivity contribution in [1.82, 2.24) is 4.90 Å². The summed E-state index contributed by atoms with van der Waals surface area (Å²) < 4.78 is 71.4. The molecule has 0 saturated carbocycles. The molecule has 1 aliphatic heterocycles. The van der Waals surface area contributed by atoms with Gasteiger partial charge in [0.15, 0.2) is 6.10 Å². The van der Waals surface area contributed by atoms with Gasteiger partial charge < -0.3 is 24.1 Å². The van der Waals surface area contributed by atoms with Crippen LogP contribution in [0.4, 0.5) is 28.0 Å². The number of methoxy groups -OCH3 is 1. The Balaban J connectivity index is 1.60. The summed E-state index contributed by atoms with van der Waals surface area (Å²) in [6.07, 6.45) is -5.73. The lowest BCUT2D eigenvalue weighted by Crippen LogP contribution is -2.67. The summed E-state index contributed by atoms with van der Waals surface area (Å²) in [4.78, 5) is 27.2. The molecule has 1 heterocycles. The molecule has 1 fully saturated rings. The summed E-state index contributed by atoms with van der Waals surface area (Å²) in [5, 5.41) is 4.36. The van der Waals surface area contributed by atoms with Gasteiger partial charge in [0.2, 0.25) is 0 Å². The number of halogens is 4. The maximum Gasteiger partial charge on any atom is 0.425 e. The van der Waals surface area contributed by atoms with E-state index >= 15 is 4.39 Å². The molecule has 2 unspecified atom stereocenters. The number of benzene rings is 3. The van der Waals surface area contributed by atoms with Crippen LogP contribution < -0.4 is 20.4 Å². The van der Waals surface area contributed by atoms with Crippen LogP contribution in [0.5, 0.6) is 5.75 Å². The zero-order valence-electron chi connectivity index (χ0n) is 25.9. The van der Waals surface area contributed by atoms with Crippen LogP contribution in [0.15, 0.2) is 72.8 Å². The average molecular weight is 647 g/mol. The minimum atomic E-state index is -4.75. The lowest BCUT2D eigenvalue weighted by atomic mass is 10.1. The first kappa shape index (κ1) is 34.0. The predicted molar refractivity (Wildman–Crippen MR) is 166 cm³/mol. The average Bonchev–Trinajstić information content (AvgIpc) is 3.47. The Kier molecular flexibility index (Phi) is 10.3. The molecule has 4 rings (SSSR count). The van der Waals surface area contributed by atoms with Crippen molar-refractivity contribution in [1.29, 1.82) is 0 Å². The van der Waals surface area contributed by atoms with Crippen LogP contribution in [0.3, 0.4) is 0 Å². The molecule has 1 saturated heterocycles. The highest BCUT2D eigenvalue weighted by atomic mass is 28.4. The molecule has 1 aliphatic rings. The van der Waals surface area contributed by atoms with Crippen molar-refractivity contribution in [2.24, 2.45) is 0 Å². The lowest BCUT2D eigenvalue weighted by Gasteiger charge is -2.44. The first-order chi connectivity index (χ1) is 21.2. The molecule has 12 heteroatoms. The summed E-state index contributed by atoms with van der Waals surface area (Å²) in [6.45, 7) is 7.80. The van der Waals surface area contributed by atoms with Crippen LogP contribution >= 0.6 is 0 Å². The first-order valence-electron chi connectivity index (χ1n) is 14.7. The van der Waals surface area contributed by atoms with Gasteiger partial charge in [-0.3, -0.25) is 0 Å². The predicted octanol–water partition coefficient (Wildman–Crippen LogP) is 6.51. The topological polar surface area (TPSA) is 77.1 Å². The number of urea groups is 1. The monoisotopic (exact) mass is 646 g/mol. The molecule has 2 amide bonds. The Labute approximate surface area is 261 Å². The normalized spacial score (nSPS) is 16.3. The highest BCUT2D eigenvalue weighted by molar-refractivity contribution is 6.99. The fourth-order valence-corrected chi connectivity index (χ4v) is 10.3. The maximum atomic E-state index is 15.1. The maximum absolute atomic E-state index is 15.1. The molecule has 0 aromatic heterocycles. The van der Waals surface area contributed by atoms with E-state index in [1.165, 1.54) is 0 Å². The van der Waals surface area contributed by atoms with Gasteiger partial charge in [0.25, 0.3) is 8.32 Å². The Morgan fingerprint density at radius 2 is 1.58 bits per heavy atom. The van der Waals surface area contributed by atoms with Crippen LogP contribution in [0.25, 0.3) is 0 Å². The van der Waals surface area contributed by atoms with Gasteiger partial charge >= 0.3 is 18.2 Å². The quantitative estimate of drug-likeness (QED) is 0.163. The molecule has 2 atom stereocenters. The summed E-state index contributed by atoms with van der Waals surface area (Å²) in [7, 11) is -1.89. The third-order valence-corrected chi connectivity index (χ3v) is 13.0. The largest absolute Gasteiger partial charge is 0.480 e. The van der Waals surface area contributed by atoms with Crippen LogP contribution in [-0.4, -0.2) is 63.8 Å². The Morgan fingerprint density at radius 1 is 1.00 bits per heavy atom. The van der Waals surface area contributed by atoms with E-state index in [1.807, 2.05) is 36.4 Å². The van der Waals surface area contributed by atoms with E-state index in [1.54, 1.807) is 4.90 Å². The molecule has 7 nitrogen and oxygen atoms in total. The molecule has 45 heavy (non-hydrogen) atoms. The van der Waals surface area contributed by atoms with Gasteiger partial charge in [0.05, 0.1) is 25.4 Å². The zero-order chi connectivity index (χ0) is 33.0. The number of nitrogens with one attached hydrogen (secondary N) is 1. The van der Waals surface area contributed by atoms with Gasteiger partial charge in [0.1, 0.15) is 17.1 Å². The number of carbonyl (C=O) groups excluding carboxylic acids is 2. The fourth-order valence-electron chi connectivity index (χ4n) is 5.72. The number of rotatable bonds is 9. The SMILES string of the molecule is COC(=O)c1cc(F)c(NC(=O)N2CCCC2CO[Si](c2ccccc2)(c2ccccc2)C(C)(C)C)cc1OC(C)C(F)(F)F. The van der Waals surface area contributed by atoms with E-state index in [0.717, 1.165) is 30.5 Å². The molecule has 3 aromatic rings. The van der Waals surface area contributed by atoms with Crippen molar-refractivity contribution in [2.45, 2.75) is 63.9 Å². The number of hydrogen-bond acceptors (Lipinski definition) is 5. The molecule has 1 N–H and O–H groups in total. The summed E-state index contributed by atoms with van der Waals surface area (Å²) in [5.41, 5.74) is -0.975. The van der Waals surface area contributed by atoms with Crippen molar-refractivity contribution in [2.75, 3.05) is 25.6 Å². The van der Waals surface area contributed by atoms with Gasteiger partial charge in [0, 0.05) is 12.6 Å². The van der Waals surface area contributed by atoms with E-state index in [2.05, 4.69) is 55.1 Å². The molecule has 242 valence electrons. The van der Waals surface area contributed by atoms with Crippen molar-refractivity contribution < 1.29 is 41.1 Å². The number of hydrogen-bond donors (Lipinski definition) is 1. The third kappa shape index (κ3) is 7.33. The standard InChI is InChI=1S/C33H38F4N2O5Si/c1-22(33(35,36)37)44-29-20-28(27(34)19-26(29)30(40)42-5)38-31(41)39-18-12-13-23(39)21-43-45(32(2,3)4,24-14-8-6-9-15-24)25-16-10-7-11-17-25/h6-11,14-17,19-20,22-23H,12-13,18,21H2,1-5H3,(H,38,41). The number of nitrogens with zero attached hydrogens (tertiary/aromatic N) is 1. The Hall–Kier alpha value is -3.90. The Bertz CT molecular complexity index is 1440. The number of carbonyl (C=O) groups is 2. The molecule has 0 aliphatic carbocycles. The van der Waals surface area contributed by atoms with Crippen molar-refractivity contribution in [3.05, 3.63) is 84.2 Å². The fraction of sp³-hybridized carbons (Fsp3) is 0.394. The molecule has 3 aromatic carbocycles.